The quantitative estimate of drug-likeness (QED) is 0.0375. The lowest BCUT2D eigenvalue weighted by Crippen LogP contribution is -2.50. The second-order valence-corrected chi connectivity index (χ2v) is 22.2. The third-order valence-electron chi connectivity index (χ3n) is 14.5. The largest absolute Gasteiger partial charge is 0.457 e. The van der Waals surface area contributed by atoms with Gasteiger partial charge in [-0.3, -0.25) is 14.4 Å². The Morgan fingerprint density at radius 3 is 2.13 bits per heavy atom. The summed E-state index contributed by atoms with van der Waals surface area (Å²) in [5, 5.41) is 19.4. The first-order valence-electron chi connectivity index (χ1n) is 27.4. The number of ether oxygens (including phenoxy) is 5. The lowest BCUT2D eigenvalue weighted by Gasteiger charge is -2.34. The van der Waals surface area contributed by atoms with Crippen molar-refractivity contribution in [3.8, 4) is 33.2 Å². The van der Waals surface area contributed by atoms with E-state index in [1.807, 2.05) is 112 Å². The SMILES string of the molecule is Cc1ncsc1-c1ccc(CNC(=O)[C@@H]2C[C@@H](O)CN2C(=O)[C@@H](CC(=O)COCCOCCOCCOCCCCCCN2CCC(n3nc(-c4ccc(Oc5ccccc5)cc4)c4c(N)ncnc43)CC2)C(C)(C)C)cc1. The molecule has 2 aliphatic heterocycles. The van der Waals surface area contributed by atoms with Crippen LogP contribution in [0.2, 0.25) is 0 Å². The molecule has 0 spiro atoms. The number of carbonyl (C=O) groups is 3. The Morgan fingerprint density at radius 1 is 0.795 bits per heavy atom. The number of rotatable bonds is 29. The van der Waals surface area contributed by atoms with E-state index in [0.29, 0.717) is 45.5 Å². The van der Waals surface area contributed by atoms with Crippen molar-refractivity contribution in [1.29, 1.82) is 0 Å². The number of unbranched alkanes of at least 4 members (excludes halogenated alkanes) is 3. The van der Waals surface area contributed by atoms with Crippen LogP contribution in [0, 0.1) is 18.3 Å². The highest BCUT2D eigenvalue weighted by molar-refractivity contribution is 7.13. The average molecular weight is 1090 g/mol. The van der Waals surface area contributed by atoms with Crippen molar-refractivity contribution in [3.05, 3.63) is 102 Å². The highest BCUT2D eigenvalue weighted by Crippen LogP contribution is 2.37. The van der Waals surface area contributed by atoms with Crippen molar-refractivity contribution < 1.29 is 43.2 Å². The van der Waals surface area contributed by atoms with Crippen molar-refractivity contribution in [3.63, 3.8) is 0 Å². The highest BCUT2D eigenvalue weighted by atomic mass is 32.1. The zero-order valence-corrected chi connectivity index (χ0v) is 46.5. The number of amides is 2. The van der Waals surface area contributed by atoms with E-state index in [2.05, 4.69) is 29.9 Å². The normalized spacial score (nSPS) is 16.7. The molecular weight excluding hydrogens is 1010 g/mol. The summed E-state index contributed by atoms with van der Waals surface area (Å²) >= 11 is 1.58. The number of thiazole rings is 1. The van der Waals surface area contributed by atoms with Gasteiger partial charge in [-0.1, -0.05) is 76.1 Å². The van der Waals surface area contributed by atoms with Gasteiger partial charge in [-0.25, -0.2) is 19.6 Å². The molecule has 4 N–H and O–H groups in total. The molecule has 418 valence electrons. The predicted octanol–water partition coefficient (Wildman–Crippen LogP) is 8.46. The molecule has 3 atom stereocenters. The zero-order valence-electron chi connectivity index (χ0n) is 45.6. The average Bonchev–Trinajstić information content (AvgIpc) is 4.23. The fourth-order valence-electron chi connectivity index (χ4n) is 10.1. The summed E-state index contributed by atoms with van der Waals surface area (Å²) in [5.41, 5.74) is 13.1. The molecule has 0 unspecified atom stereocenters. The maximum Gasteiger partial charge on any atom is 0.243 e. The summed E-state index contributed by atoms with van der Waals surface area (Å²) in [4.78, 5) is 58.9. The van der Waals surface area contributed by atoms with Gasteiger partial charge >= 0.3 is 0 Å². The number of aromatic nitrogens is 5. The smallest absolute Gasteiger partial charge is 0.243 e. The number of aryl methyl sites for hydroxylation is 1. The number of Topliss-reactive ketones (excluding diaryl/α,β-unsaturated/α-hetero) is 1. The number of aliphatic hydroxyl groups is 1. The number of nitrogens with one attached hydrogen (secondary N) is 1. The van der Waals surface area contributed by atoms with E-state index in [1.54, 1.807) is 11.3 Å². The van der Waals surface area contributed by atoms with Crippen molar-refractivity contribution in [1.82, 2.24) is 39.8 Å². The molecule has 0 bridgehead atoms. The number of fused-ring (bicyclic) bond motifs is 1. The molecule has 0 radical (unpaired) electrons. The lowest BCUT2D eigenvalue weighted by atomic mass is 9.77. The number of carbonyl (C=O) groups excluding carboxylic acids is 3. The van der Waals surface area contributed by atoms with Crippen molar-refractivity contribution in [2.75, 3.05) is 84.8 Å². The minimum absolute atomic E-state index is 0.0312. The Kier molecular flexibility index (Phi) is 21.3. The van der Waals surface area contributed by atoms with E-state index < -0.39 is 23.5 Å². The minimum atomic E-state index is -0.838. The number of anilines is 1. The fraction of sp³-hybridized carbons (Fsp3) is 0.508. The molecule has 2 aliphatic rings. The molecule has 18 nitrogen and oxygen atoms in total. The summed E-state index contributed by atoms with van der Waals surface area (Å²) < 4.78 is 30.8. The maximum atomic E-state index is 14.0. The van der Waals surface area contributed by atoms with Crippen molar-refractivity contribution in [2.24, 2.45) is 11.3 Å². The number of piperidine rings is 1. The second-order valence-electron chi connectivity index (χ2n) is 21.3. The van der Waals surface area contributed by atoms with Crippen LogP contribution in [0.15, 0.2) is 90.7 Å². The molecule has 0 saturated carbocycles. The monoisotopic (exact) mass is 1090 g/mol. The number of ketones is 1. The van der Waals surface area contributed by atoms with Crippen LogP contribution in [-0.4, -0.2) is 148 Å². The standard InChI is InChI=1S/C59H77N9O9S/c1-41-54(78-40-64-41)44-16-14-42(15-17-44)36-61-57(71)51-35-46(69)37-67(51)58(72)50(59(2,3)4)34-47(70)38-76-33-32-75-31-30-74-29-28-73-27-11-6-5-10-24-66-25-22-45(23-26-66)68-56-52(55(60)62-39-63-56)53(65-68)43-18-20-49(21-19-43)77-48-12-8-7-9-13-48/h7-9,12-21,39-40,45-46,50-51,69H,5-6,10-11,22-38H2,1-4H3,(H,61,71)(H2,60,62,63)/t46-,50-,51+/m1/s1. The number of aliphatic hydroxyl groups excluding tert-OH is 1. The van der Waals surface area contributed by atoms with E-state index in [9.17, 15) is 19.5 Å². The van der Waals surface area contributed by atoms with Crippen LogP contribution >= 0.6 is 11.3 Å². The number of likely N-dealkylation sites (tertiary alicyclic amines) is 2. The molecule has 2 fully saturated rings. The lowest BCUT2D eigenvalue weighted by molar-refractivity contribution is -0.146. The number of nitrogens with zero attached hydrogens (tertiary/aromatic N) is 7. The summed E-state index contributed by atoms with van der Waals surface area (Å²) in [5.74, 6) is 0.372. The van der Waals surface area contributed by atoms with Crippen LogP contribution in [0.5, 0.6) is 11.5 Å². The maximum absolute atomic E-state index is 14.0. The van der Waals surface area contributed by atoms with Crippen LogP contribution in [-0.2, 0) is 39.9 Å². The summed E-state index contributed by atoms with van der Waals surface area (Å²) in [7, 11) is 0. The molecule has 3 aromatic heterocycles. The Balaban J connectivity index is 0.629. The zero-order chi connectivity index (χ0) is 54.9. The summed E-state index contributed by atoms with van der Waals surface area (Å²) in [6, 6.07) is 24.9. The molecule has 0 aliphatic carbocycles. The van der Waals surface area contributed by atoms with Crippen LogP contribution in [0.25, 0.3) is 32.7 Å². The van der Waals surface area contributed by atoms with Gasteiger partial charge in [0.25, 0.3) is 0 Å². The van der Waals surface area contributed by atoms with Gasteiger partial charge in [-0.15, -0.1) is 11.3 Å². The number of nitrogens with two attached hydrogens (primary N) is 1. The van der Waals surface area contributed by atoms with Crippen LogP contribution in [0.4, 0.5) is 5.82 Å². The molecule has 8 rings (SSSR count). The molecule has 2 amide bonds. The first-order valence-corrected chi connectivity index (χ1v) is 28.3. The van der Waals surface area contributed by atoms with Crippen LogP contribution < -0.4 is 15.8 Å². The summed E-state index contributed by atoms with van der Waals surface area (Å²) in [6.07, 6.45) is 7.18. The molecule has 78 heavy (non-hydrogen) atoms. The van der Waals surface area contributed by atoms with Gasteiger partial charge < -0.3 is 49.6 Å². The van der Waals surface area contributed by atoms with Gasteiger partial charge in [0.15, 0.2) is 11.4 Å². The molecule has 3 aromatic carbocycles. The topological polar surface area (TPSA) is 219 Å². The predicted molar refractivity (Wildman–Crippen MR) is 301 cm³/mol. The fourth-order valence-corrected chi connectivity index (χ4v) is 10.9. The minimum Gasteiger partial charge on any atom is -0.457 e. The number of hydrogen-bond acceptors (Lipinski definition) is 16. The first kappa shape index (κ1) is 58.0. The van der Waals surface area contributed by atoms with E-state index in [1.165, 1.54) is 11.2 Å². The van der Waals surface area contributed by atoms with Gasteiger partial charge in [0, 0.05) is 57.1 Å². The van der Waals surface area contributed by atoms with Crippen molar-refractivity contribution in [2.45, 2.75) is 104 Å². The van der Waals surface area contributed by atoms with Crippen LogP contribution in [0.3, 0.4) is 0 Å². The number of benzene rings is 3. The third-order valence-corrected chi connectivity index (χ3v) is 15.5. The van der Waals surface area contributed by atoms with E-state index >= 15 is 0 Å². The van der Waals surface area contributed by atoms with Crippen molar-refractivity contribution >= 4 is 45.8 Å². The third kappa shape index (κ3) is 16.2. The van der Waals surface area contributed by atoms with Gasteiger partial charge in [0.1, 0.15) is 42.0 Å². The Morgan fingerprint density at radius 2 is 1.45 bits per heavy atom. The molecular formula is C59H77N9O9S. The molecule has 5 heterocycles. The second kappa shape index (κ2) is 28.6. The number of β-amino-alcohol motifs (C(OH)–C–C–N with tert-alkyl or cyclic N) is 1. The summed E-state index contributed by atoms with van der Waals surface area (Å²) in [6.45, 7) is 14.0. The Hall–Kier alpha value is -6.19. The van der Waals surface area contributed by atoms with Gasteiger partial charge in [-0.2, -0.15) is 5.10 Å². The number of nitrogen functional groups attached to an aromatic ring is 1. The van der Waals surface area contributed by atoms with Gasteiger partial charge in [0.05, 0.1) is 73.3 Å². The molecule has 19 heteroatoms. The molecule has 2 saturated heterocycles. The van der Waals surface area contributed by atoms with Gasteiger partial charge in [-0.05, 0) is 92.1 Å². The van der Waals surface area contributed by atoms with Gasteiger partial charge in [0.2, 0.25) is 11.8 Å². The number of hydrogen-bond donors (Lipinski definition) is 3. The van der Waals surface area contributed by atoms with E-state index in [4.69, 9.17) is 34.5 Å². The van der Waals surface area contributed by atoms with E-state index in [-0.39, 0.29) is 62.8 Å². The van der Waals surface area contributed by atoms with Crippen LogP contribution in [0.1, 0.15) is 89.4 Å². The van der Waals surface area contributed by atoms with E-state index in [0.717, 1.165) is 114 Å². The highest BCUT2D eigenvalue weighted by Gasteiger charge is 2.44. The Bertz CT molecular complexity index is 2830. The first-order chi connectivity index (χ1) is 37.8. The Labute approximate surface area is 462 Å². The number of para-hydroxylation sites is 1. The molecule has 6 aromatic rings.